The Labute approximate surface area is 161 Å². The molecule has 0 radical (unpaired) electrons. The zero-order valence-corrected chi connectivity index (χ0v) is 15.2. The molecule has 0 spiro atoms. The van der Waals surface area contributed by atoms with Gasteiger partial charge in [-0.25, -0.2) is 9.78 Å². The lowest BCUT2D eigenvalue weighted by atomic mass is 9.99. The normalized spacial score (nSPS) is 11.0. The summed E-state index contributed by atoms with van der Waals surface area (Å²) >= 11 is 5.95. The number of carboxylic acids is 1. The van der Waals surface area contributed by atoms with Gasteiger partial charge in [0.1, 0.15) is 0 Å². The van der Waals surface area contributed by atoms with Crippen LogP contribution in [-0.2, 0) is 13.0 Å². The largest absolute Gasteiger partial charge is 0.478 e. The van der Waals surface area contributed by atoms with Crippen molar-refractivity contribution in [1.82, 2.24) is 9.55 Å². The fourth-order valence-corrected chi connectivity index (χ4v) is 3.41. The monoisotopic (exact) mass is 376 g/mol. The highest BCUT2D eigenvalue weighted by Gasteiger charge is 2.12. The smallest absolute Gasteiger partial charge is 0.336 e. The third kappa shape index (κ3) is 3.71. The van der Waals surface area contributed by atoms with E-state index in [1.807, 2.05) is 36.7 Å². The van der Waals surface area contributed by atoms with Gasteiger partial charge in [0, 0.05) is 11.6 Å². The maximum absolute atomic E-state index is 11.5. The highest BCUT2D eigenvalue weighted by Crippen LogP contribution is 2.22. The molecule has 1 heterocycles. The fraction of sp³-hybridized carbons (Fsp3) is 0.0909. The molecular formula is C22H17ClN2O2. The quantitative estimate of drug-likeness (QED) is 0.531. The summed E-state index contributed by atoms with van der Waals surface area (Å²) in [5.41, 5.74) is 5.16. The second-order valence-electron chi connectivity index (χ2n) is 6.46. The van der Waals surface area contributed by atoms with Gasteiger partial charge in [0.05, 0.1) is 22.9 Å². The van der Waals surface area contributed by atoms with Gasteiger partial charge in [-0.2, -0.15) is 0 Å². The van der Waals surface area contributed by atoms with Crippen molar-refractivity contribution in [2.75, 3.05) is 0 Å². The Morgan fingerprint density at radius 2 is 1.81 bits per heavy atom. The van der Waals surface area contributed by atoms with Gasteiger partial charge in [-0.05, 0) is 47.4 Å². The first-order valence-corrected chi connectivity index (χ1v) is 8.97. The van der Waals surface area contributed by atoms with E-state index in [9.17, 15) is 9.90 Å². The van der Waals surface area contributed by atoms with Crippen molar-refractivity contribution in [3.8, 4) is 0 Å². The van der Waals surface area contributed by atoms with Gasteiger partial charge in [-0.3, -0.25) is 0 Å². The standard InChI is InChI=1S/C22H17ClN2O2/c23-18-8-7-17(19(12-18)22(26)27)10-16-6-9-20-21(11-16)25(14-24-20)13-15-4-2-1-3-5-15/h1-9,11-12,14H,10,13H2,(H,26,27). The van der Waals surface area contributed by atoms with Gasteiger partial charge in [0.15, 0.2) is 0 Å². The van der Waals surface area contributed by atoms with Crippen LogP contribution in [0.1, 0.15) is 27.0 Å². The van der Waals surface area contributed by atoms with Crippen LogP contribution in [0, 0.1) is 0 Å². The van der Waals surface area contributed by atoms with E-state index in [0.717, 1.165) is 28.7 Å². The van der Waals surface area contributed by atoms with Crippen molar-refractivity contribution in [3.05, 3.63) is 100 Å². The highest BCUT2D eigenvalue weighted by atomic mass is 35.5. The molecule has 1 N–H and O–H groups in total. The fourth-order valence-electron chi connectivity index (χ4n) is 3.24. The molecule has 0 fully saturated rings. The molecule has 0 aliphatic rings. The first-order chi connectivity index (χ1) is 13.1. The Balaban J connectivity index is 1.68. The molecule has 0 unspecified atom stereocenters. The minimum Gasteiger partial charge on any atom is -0.478 e. The molecule has 0 aliphatic carbocycles. The van der Waals surface area contributed by atoms with Crippen LogP contribution in [-0.4, -0.2) is 20.6 Å². The number of rotatable bonds is 5. The molecule has 4 aromatic rings. The number of hydrogen-bond acceptors (Lipinski definition) is 2. The molecule has 4 rings (SSSR count). The predicted molar refractivity (Wildman–Crippen MR) is 106 cm³/mol. The number of carbonyl (C=O) groups is 1. The molecule has 0 saturated heterocycles. The van der Waals surface area contributed by atoms with Crippen molar-refractivity contribution in [2.45, 2.75) is 13.0 Å². The SMILES string of the molecule is O=C(O)c1cc(Cl)ccc1Cc1ccc2ncn(Cc3ccccc3)c2c1. The van der Waals surface area contributed by atoms with E-state index in [2.05, 4.69) is 27.8 Å². The number of nitrogens with zero attached hydrogens (tertiary/aromatic N) is 2. The van der Waals surface area contributed by atoms with Gasteiger partial charge in [0.25, 0.3) is 0 Å². The molecule has 1 aromatic heterocycles. The average Bonchev–Trinajstić information content (AvgIpc) is 3.06. The summed E-state index contributed by atoms with van der Waals surface area (Å²) < 4.78 is 2.11. The molecule has 0 aliphatic heterocycles. The second kappa shape index (κ2) is 7.25. The molecule has 3 aromatic carbocycles. The Bertz CT molecular complexity index is 1120. The second-order valence-corrected chi connectivity index (χ2v) is 6.90. The van der Waals surface area contributed by atoms with Crippen LogP contribution < -0.4 is 0 Å². The number of imidazole rings is 1. The summed E-state index contributed by atoms with van der Waals surface area (Å²) in [6, 6.07) is 21.2. The highest BCUT2D eigenvalue weighted by molar-refractivity contribution is 6.31. The minimum atomic E-state index is -0.970. The van der Waals surface area contributed by atoms with Crippen LogP contribution in [0.3, 0.4) is 0 Å². The van der Waals surface area contributed by atoms with Crippen LogP contribution in [0.15, 0.2) is 73.1 Å². The number of aromatic carboxylic acids is 1. The first kappa shape index (κ1) is 17.3. The Kier molecular flexibility index (Phi) is 4.65. The lowest BCUT2D eigenvalue weighted by Crippen LogP contribution is -2.03. The average molecular weight is 377 g/mol. The number of hydrogen-bond donors (Lipinski definition) is 1. The summed E-state index contributed by atoms with van der Waals surface area (Å²) in [5.74, 6) is -0.970. The van der Waals surface area contributed by atoms with Crippen molar-refractivity contribution in [1.29, 1.82) is 0 Å². The zero-order valence-electron chi connectivity index (χ0n) is 14.5. The van der Waals surface area contributed by atoms with E-state index in [4.69, 9.17) is 11.6 Å². The van der Waals surface area contributed by atoms with Crippen LogP contribution in [0.4, 0.5) is 0 Å². The van der Waals surface area contributed by atoms with Crippen molar-refractivity contribution >= 4 is 28.6 Å². The molecule has 0 atom stereocenters. The summed E-state index contributed by atoms with van der Waals surface area (Å²) in [4.78, 5) is 16.0. The van der Waals surface area contributed by atoms with E-state index >= 15 is 0 Å². The van der Waals surface area contributed by atoms with Crippen molar-refractivity contribution < 1.29 is 9.90 Å². The maximum Gasteiger partial charge on any atom is 0.336 e. The zero-order chi connectivity index (χ0) is 18.8. The van der Waals surface area contributed by atoms with Gasteiger partial charge >= 0.3 is 5.97 Å². The van der Waals surface area contributed by atoms with E-state index in [1.54, 1.807) is 12.1 Å². The summed E-state index contributed by atoms with van der Waals surface area (Å²) in [7, 11) is 0. The Hall–Kier alpha value is -3.11. The third-order valence-electron chi connectivity index (χ3n) is 4.58. The predicted octanol–water partition coefficient (Wildman–Crippen LogP) is 5.03. The molecule has 0 amide bonds. The van der Waals surface area contributed by atoms with Gasteiger partial charge in [-0.15, -0.1) is 0 Å². The lowest BCUT2D eigenvalue weighted by molar-refractivity contribution is 0.0696. The van der Waals surface area contributed by atoms with Gasteiger partial charge < -0.3 is 9.67 Å². The lowest BCUT2D eigenvalue weighted by Gasteiger charge is -2.09. The van der Waals surface area contributed by atoms with E-state index in [1.165, 1.54) is 11.6 Å². The topological polar surface area (TPSA) is 55.1 Å². The molecule has 4 nitrogen and oxygen atoms in total. The van der Waals surface area contributed by atoms with E-state index < -0.39 is 5.97 Å². The molecule has 5 heteroatoms. The molecular weight excluding hydrogens is 360 g/mol. The summed E-state index contributed by atoms with van der Waals surface area (Å²) in [5, 5.41) is 9.87. The van der Waals surface area contributed by atoms with Crippen LogP contribution >= 0.6 is 11.6 Å². The maximum atomic E-state index is 11.5. The van der Waals surface area contributed by atoms with Crippen molar-refractivity contribution in [2.24, 2.45) is 0 Å². The number of fused-ring (bicyclic) bond motifs is 1. The first-order valence-electron chi connectivity index (χ1n) is 8.59. The number of benzene rings is 3. The summed E-state index contributed by atoms with van der Waals surface area (Å²) in [6.45, 7) is 0.738. The van der Waals surface area contributed by atoms with Crippen molar-refractivity contribution in [3.63, 3.8) is 0 Å². The summed E-state index contributed by atoms with van der Waals surface area (Å²) in [6.07, 6.45) is 2.36. The van der Waals surface area contributed by atoms with E-state index in [-0.39, 0.29) is 5.56 Å². The van der Waals surface area contributed by atoms with Crippen LogP contribution in [0.2, 0.25) is 5.02 Å². The Morgan fingerprint density at radius 1 is 1.00 bits per heavy atom. The molecule has 0 bridgehead atoms. The number of aromatic nitrogens is 2. The van der Waals surface area contributed by atoms with E-state index in [0.29, 0.717) is 11.4 Å². The molecule has 27 heavy (non-hydrogen) atoms. The number of carboxylic acid groups (broad SMARTS) is 1. The van der Waals surface area contributed by atoms with Gasteiger partial charge in [0.2, 0.25) is 0 Å². The minimum absolute atomic E-state index is 0.236. The van der Waals surface area contributed by atoms with Crippen LogP contribution in [0.5, 0.6) is 0 Å². The van der Waals surface area contributed by atoms with Gasteiger partial charge in [-0.1, -0.05) is 54.1 Å². The molecule has 134 valence electrons. The molecule has 0 saturated carbocycles. The third-order valence-corrected chi connectivity index (χ3v) is 4.81. The Morgan fingerprint density at radius 3 is 2.59 bits per heavy atom. The number of halogens is 1. The van der Waals surface area contributed by atoms with Crippen LogP contribution in [0.25, 0.3) is 11.0 Å².